The van der Waals surface area contributed by atoms with Crippen LogP contribution in [0.3, 0.4) is 0 Å². The van der Waals surface area contributed by atoms with E-state index in [2.05, 4.69) is 10.1 Å². The Morgan fingerprint density at radius 2 is 2.29 bits per heavy atom. The Balaban J connectivity index is 2.07. The molecule has 1 aromatic carbocycles. The van der Waals surface area contributed by atoms with Gasteiger partial charge in [0.15, 0.2) is 10.9 Å². The lowest BCUT2D eigenvalue weighted by Crippen LogP contribution is -2.04. The minimum absolute atomic E-state index is 0.0721. The monoisotopic (exact) mass is 323 g/mol. The molecule has 0 fully saturated rings. The molecular formula is C13H10ClN3O3S. The van der Waals surface area contributed by atoms with Crippen molar-refractivity contribution in [3.8, 4) is 0 Å². The molecule has 0 aliphatic rings. The molecule has 6 nitrogen and oxygen atoms in total. The molecule has 0 spiro atoms. The summed E-state index contributed by atoms with van der Waals surface area (Å²) >= 11 is 7.39. The van der Waals surface area contributed by atoms with Gasteiger partial charge in [0.05, 0.1) is 34.6 Å². The third-order valence-electron chi connectivity index (χ3n) is 2.81. The van der Waals surface area contributed by atoms with Crippen molar-refractivity contribution in [3.63, 3.8) is 0 Å². The molecule has 0 aliphatic carbocycles. The number of hydrogen-bond acceptors (Lipinski definition) is 5. The van der Waals surface area contributed by atoms with Crippen molar-refractivity contribution in [2.24, 2.45) is 0 Å². The number of carbonyl (C=O) groups is 1. The Bertz CT molecular complexity index is 785. The van der Waals surface area contributed by atoms with E-state index in [-0.39, 0.29) is 5.75 Å². The number of para-hydroxylation sites is 1. The average Bonchev–Trinajstić information content (AvgIpc) is 3.06. The number of carboxylic acid groups (broad SMARTS) is 1. The maximum Gasteiger partial charge on any atom is 0.313 e. The summed E-state index contributed by atoms with van der Waals surface area (Å²) in [6.45, 7) is 0.391. The van der Waals surface area contributed by atoms with Gasteiger partial charge in [-0.15, -0.1) is 0 Å². The van der Waals surface area contributed by atoms with E-state index in [1.165, 1.54) is 0 Å². The van der Waals surface area contributed by atoms with Crippen LogP contribution in [0.2, 0.25) is 5.02 Å². The Kier molecular flexibility index (Phi) is 3.85. The van der Waals surface area contributed by atoms with Crippen LogP contribution in [0, 0.1) is 0 Å². The molecule has 3 aromatic rings. The smallest absolute Gasteiger partial charge is 0.313 e. The van der Waals surface area contributed by atoms with Gasteiger partial charge in [-0.25, -0.2) is 4.98 Å². The molecule has 0 radical (unpaired) electrons. The van der Waals surface area contributed by atoms with Gasteiger partial charge >= 0.3 is 5.97 Å². The van der Waals surface area contributed by atoms with E-state index in [0.717, 1.165) is 22.8 Å². The molecule has 0 saturated heterocycles. The third kappa shape index (κ3) is 2.88. The van der Waals surface area contributed by atoms with Crippen molar-refractivity contribution in [1.82, 2.24) is 14.7 Å². The summed E-state index contributed by atoms with van der Waals surface area (Å²) in [6, 6.07) is 7.16. The van der Waals surface area contributed by atoms with Crippen molar-refractivity contribution < 1.29 is 14.4 Å². The molecule has 2 heterocycles. The zero-order valence-corrected chi connectivity index (χ0v) is 12.3. The fourth-order valence-corrected chi connectivity index (χ4v) is 2.98. The van der Waals surface area contributed by atoms with Gasteiger partial charge in [0.2, 0.25) is 0 Å². The van der Waals surface area contributed by atoms with E-state index in [0.29, 0.717) is 22.5 Å². The highest BCUT2D eigenvalue weighted by atomic mass is 35.5. The zero-order chi connectivity index (χ0) is 14.8. The molecule has 0 aliphatic heterocycles. The largest absolute Gasteiger partial charge is 0.481 e. The number of benzene rings is 1. The number of aromatic nitrogens is 3. The minimum atomic E-state index is -0.899. The Morgan fingerprint density at radius 3 is 3.00 bits per heavy atom. The second-order valence-corrected chi connectivity index (χ2v) is 5.60. The molecule has 8 heteroatoms. The zero-order valence-electron chi connectivity index (χ0n) is 10.7. The summed E-state index contributed by atoms with van der Waals surface area (Å²) in [5.74, 6) is -0.326. The van der Waals surface area contributed by atoms with Gasteiger partial charge in [0.25, 0.3) is 0 Å². The summed E-state index contributed by atoms with van der Waals surface area (Å²) in [7, 11) is 0. The Hall–Kier alpha value is -1.99. The van der Waals surface area contributed by atoms with E-state index in [4.69, 9.17) is 21.2 Å². The van der Waals surface area contributed by atoms with Crippen LogP contribution in [0.5, 0.6) is 0 Å². The molecular weight excluding hydrogens is 314 g/mol. The molecule has 0 atom stereocenters. The van der Waals surface area contributed by atoms with E-state index in [9.17, 15) is 4.79 Å². The molecule has 2 aromatic heterocycles. The van der Waals surface area contributed by atoms with Crippen LogP contribution < -0.4 is 0 Å². The summed E-state index contributed by atoms with van der Waals surface area (Å²) in [5.41, 5.74) is 1.47. The Labute approximate surface area is 128 Å². The van der Waals surface area contributed by atoms with Crippen LogP contribution in [0.25, 0.3) is 11.0 Å². The van der Waals surface area contributed by atoms with Crippen LogP contribution in [-0.4, -0.2) is 31.5 Å². The number of thioether (sulfide) groups is 1. The van der Waals surface area contributed by atoms with Crippen molar-refractivity contribution in [2.75, 3.05) is 5.75 Å². The number of hydrogen-bond donors (Lipinski definition) is 1. The van der Waals surface area contributed by atoms with E-state index in [1.807, 2.05) is 16.7 Å². The summed E-state index contributed by atoms with van der Waals surface area (Å²) in [5, 5.41) is 13.6. The maximum atomic E-state index is 10.8. The van der Waals surface area contributed by atoms with Gasteiger partial charge in [-0.05, 0) is 12.1 Å². The second kappa shape index (κ2) is 5.79. The minimum Gasteiger partial charge on any atom is -0.481 e. The second-order valence-electron chi connectivity index (χ2n) is 4.25. The first-order valence-corrected chi connectivity index (χ1v) is 7.40. The first-order chi connectivity index (χ1) is 10.1. The molecule has 0 bridgehead atoms. The average molecular weight is 324 g/mol. The van der Waals surface area contributed by atoms with Crippen LogP contribution in [0.4, 0.5) is 0 Å². The number of imidazole rings is 1. The summed E-state index contributed by atoms with van der Waals surface area (Å²) in [4.78, 5) is 15.2. The fraction of sp³-hybridized carbons (Fsp3) is 0.154. The maximum absolute atomic E-state index is 10.8. The van der Waals surface area contributed by atoms with Crippen molar-refractivity contribution in [1.29, 1.82) is 0 Å². The number of aliphatic carboxylic acids is 1. The molecule has 0 unspecified atom stereocenters. The molecule has 3 rings (SSSR count). The fourth-order valence-electron chi connectivity index (χ4n) is 1.98. The summed E-state index contributed by atoms with van der Waals surface area (Å²) < 4.78 is 6.95. The molecule has 0 amide bonds. The highest BCUT2D eigenvalue weighted by molar-refractivity contribution is 7.99. The number of carboxylic acids is 1. The lowest BCUT2D eigenvalue weighted by Gasteiger charge is -2.06. The summed E-state index contributed by atoms with van der Waals surface area (Å²) in [6.07, 6.45) is 1.56. The van der Waals surface area contributed by atoms with Gasteiger partial charge in [0.1, 0.15) is 0 Å². The predicted molar refractivity (Wildman–Crippen MR) is 78.7 cm³/mol. The highest BCUT2D eigenvalue weighted by Gasteiger charge is 2.16. The number of halogens is 1. The first kappa shape index (κ1) is 14.0. The molecule has 1 N–H and O–H groups in total. The predicted octanol–water partition coefficient (Wildman–Crippen LogP) is 2.90. The standard InChI is InChI=1S/C13H10ClN3O3S/c14-9-2-1-3-10-12(9)17(6-8-4-5-15-20-8)13(16-10)21-7-11(18)19/h1-5H,6-7H2,(H,18,19). The van der Waals surface area contributed by atoms with Crippen molar-refractivity contribution in [3.05, 3.63) is 41.2 Å². The normalized spacial score (nSPS) is 11.1. The SMILES string of the molecule is O=C(O)CSc1nc2cccc(Cl)c2n1Cc1ccno1. The van der Waals surface area contributed by atoms with Crippen LogP contribution in [0.1, 0.15) is 5.76 Å². The molecule has 108 valence electrons. The van der Waals surface area contributed by atoms with Gasteiger partial charge < -0.3 is 14.2 Å². The van der Waals surface area contributed by atoms with E-state index in [1.54, 1.807) is 18.3 Å². The lowest BCUT2D eigenvalue weighted by molar-refractivity contribution is -0.133. The van der Waals surface area contributed by atoms with Crippen LogP contribution in [0.15, 0.2) is 40.1 Å². The first-order valence-electron chi connectivity index (χ1n) is 6.04. The van der Waals surface area contributed by atoms with Crippen molar-refractivity contribution in [2.45, 2.75) is 11.7 Å². The van der Waals surface area contributed by atoms with Crippen LogP contribution >= 0.6 is 23.4 Å². The topological polar surface area (TPSA) is 81.1 Å². The number of rotatable bonds is 5. The van der Waals surface area contributed by atoms with Gasteiger partial charge in [-0.3, -0.25) is 4.79 Å². The molecule has 0 saturated carbocycles. The van der Waals surface area contributed by atoms with Crippen LogP contribution in [-0.2, 0) is 11.3 Å². The van der Waals surface area contributed by atoms with Crippen molar-refractivity contribution >= 4 is 40.4 Å². The van der Waals surface area contributed by atoms with Gasteiger partial charge in [0, 0.05) is 6.07 Å². The van der Waals surface area contributed by atoms with E-state index >= 15 is 0 Å². The number of fused-ring (bicyclic) bond motifs is 1. The quantitative estimate of drug-likeness (QED) is 0.727. The molecule has 21 heavy (non-hydrogen) atoms. The van der Waals surface area contributed by atoms with E-state index < -0.39 is 5.97 Å². The lowest BCUT2D eigenvalue weighted by atomic mass is 10.3. The van der Waals surface area contributed by atoms with Gasteiger partial charge in [-0.1, -0.05) is 34.6 Å². The third-order valence-corrected chi connectivity index (χ3v) is 4.08. The number of nitrogens with zero attached hydrogens (tertiary/aromatic N) is 3. The highest BCUT2D eigenvalue weighted by Crippen LogP contribution is 2.29. The Morgan fingerprint density at radius 1 is 1.43 bits per heavy atom. The van der Waals surface area contributed by atoms with Gasteiger partial charge in [-0.2, -0.15) is 0 Å².